The third-order valence-electron chi connectivity index (χ3n) is 9.13. The van der Waals surface area contributed by atoms with Gasteiger partial charge in [0.1, 0.15) is 11.3 Å². The molecule has 0 saturated heterocycles. The summed E-state index contributed by atoms with van der Waals surface area (Å²) in [5, 5.41) is 11.2. The number of Topliss-reactive ketones (excluding diaryl/α,β-unsaturated/α-hetero) is 1. The van der Waals surface area contributed by atoms with Crippen LogP contribution in [0.5, 0.6) is 0 Å². The monoisotopic (exact) mass is 362 g/mol. The van der Waals surface area contributed by atoms with Gasteiger partial charge in [-0.3, -0.25) is 9.59 Å². The zero-order valence-corrected chi connectivity index (χ0v) is 16.4. The number of carbonyl (C=O) groups is 2. The van der Waals surface area contributed by atoms with E-state index in [-0.39, 0.29) is 29.3 Å². The largest absolute Gasteiger partial charge is 0.382 e. The minimum atomic E-state index is -1.35. The molecule has 1 N–H and O–H groups in total. The van der Waals surface area contributed by atoms with Crippen molar-refractivity contribution >= 4 is 11.6 Å². The molecule has 26 heavy (non-hydrogen) atoms. The summed E-state index contributed by atoms with van der Waals surface area (Å²) in [6.07, 6.45) is 5.49. The van der Waals surface area contributed by atoms with Gasteiger partial charge in [0, 0.05) is 17.3 Å². The second-order valence-electron chi connectivity index (χ2n) is 9.98. The quantitative estimate of drug-likeness (QED) is 0.761. The Labute approximate surface area is 155 Å². The highest BCUT2D eigenvalue weighted by Crippen LogP contribution is 2.71. The summed E-state index contributed by atoms with van der Waals surface area (Å²) in [5.74, 6) is -0.00769. The van der Waals surface area contributed by atoms with Crippen LogP contribution >= 0.6 is 0 Å². The molecule has 0 amide bonds. The molecule has 4 aliphatic rings. The van der Waals surface area contributed by atoms with E-state index in [1.807, 2.05) is 13.8 Å². The molecule has 3 fully saturated rings. The van der Waals surface area contributed by atoms with Gasteiger partial charge >= 0.3 is 0 Å². The van der Waals surface area contributed by atoms with Crippen LogP contribution in [0.15, 0.2) is 11.6 Å². The fraction of sp³-hybridized carbons (Fsp3) is 0.818. The van der Waals surface area contributed by atoms with Crippen LogP contribution in [0.1, 0.15) is 72.6 Å². The first-order chi connectivity index (χ1) is 12.0. The van der Waals surface area contributed by atoms with Crippen molar-refractivity contribution in [1.29, 1.82) is 0 Å². The van der Waals surface area contributed by atoms with Gasteiger partial charge in [0.05, 0.1) is 0 Å². The van der Waals surface area contributed by atoms with Crippen molar-refractivity contribution in [3.8, 4) is 0 Å². The topological polar surface area (TPSA) is 54.4 Å². The van der Waals surface area contributed by atoms with Crippen LogP contribution in [-0.4, -0.2) is 27.9 Å². The van der Waals surface area contributed by atoms with Crippen LogP contribution in [0.3, 0.4) is 0 Å². The molecule has 4 aliphatic carbocycles. The van der Waals surface area contributed by atoms with Crippen LogP contribution in [0.2, 0.25) is 0 Å². The third kappa shape index (κ3) is 1.92. The molecule has 0 heterocycles. The number of aliphatic hydroxyl groups is 1. The number of hydrogen-bond acceptors (Lipinski definition) is 3. The molecule has 144 valence electrons. The minimum Gasteiger partial charge on any atom is -0.382 e. The second-order valence-corrected chi connectivity index (χ2v) is 9.98. The van der Waals surface area contributed by atoms with Gasteiger partial charge in [-0.1, -0.05) is 26.3 Å². The number of carbonyl (C=O) groups excluding carboxylic acids is 2. The lowest BCUT2D eigenvalue weighted by Gasteiger charge is -2.63. The van der Waals surface area contributed by atoms with Gasteiger partial charge in [-0.25, -0.2) is 4.39 Å². The van der Waals surface area contributed by atoms with Crippen LogP contribution < -0.4 is 0 Å². The first kappa shape index (κ1) is 18.3. The van der Waals surface area contributed by atoms with Gasteiger partial charge in [0.25, 0.3) is 0 Å². The third-order valence-corrected chi connectivity index (χ3v) is 9.13. The minimum absolute atomic E-state index is 0.0219. The van der Waals surface area contributed by atoms with Crippen molar-refractivity contribution in [3.63, 3.8) is 0 Å². The van der Waals surface area contributed by atoms with Crippen molar-refractivity contribution < 1.29 is 19.1 Å². The molecule has 0 radical (unpaired) electrons. The predicted molar refractivity (Wildman–Crippen MR) is 97.2 cm³/mol. The van der Waals surface area contributed by atoms with Gasteiger partial charge in [-0.15, -0.1) is 0 Å². The summed E-state index contributed by atoms with van der Waals surface area (Å²) < 4.78 is 16.8. The van der Waals surface area contributed by atoms with Crippen LogP contribution in [0, 0.1) is 28.6 Å². The van der Waals surface area contributed by atoms with Crippen molar-refractivity contribution in [1.82, 2.24) is 0 Å². The van der Waals surface area contributed by atoms with E-state index in [4.69, 9.17) is 0 Å². The van der Waals surface area contributed by atoms with Gasteiger partial charge in [0.15, 0.2) is 11.6 Å². The molecule has 0 aromatic rings. The van der Waals surface area contributed by atoms with E-state index in [2.05, 4.69) is 6.92 Å². The average Bonchev–Trinajstić information content (AvgIpc) is 2.85. The highest BCUT2D eigenvalue weighted by Gasteiger charge is 2.71. The van der Waals surface area contributed by atoms with Crippen LogP contribution in [0.4, 0.5) is 4.39 Å². The zero-order valence-electron chi connectivity index (χ0n) is 16.4. The maximum absolute atomic E-state index is 16.8. The molecule has 0 unspecified atom stereocenters. The number of halogens is 1. The normalized spacial score (nSPS) is 53.4. The highest BCUT2D eigenvalue weighted by atomic mass is 19.1. The smallest absolute Gasteiger partial charge is 0.161 e. The summed E-state index contributed by atoms with van der Waals surface area (Å²) in [7, 11) is 0. The van der Waals surface area contributed by atoms with E-state index in [0.29, 0.717) is 44.9 Å². The molecule has 0 bridgehead atoms. The molecule has 0 aliphatic heterocycles. The standard InChI is InChI=1S/C22H31FO3/c1-13-11-18-16-6-8-22(26,14(2)24)20(16,4)9-10-21(18,23)19(3)7-5-15(25)12-17(13)19/h12-13,16,18,26H,5-11H2,1-4H3/t13-,16-,18-,19-,20-,21+,22-/m0/s1. The lowest BCUT2D eigenvalue weighted by molar-refractivity contribution is -0.185. The number of alkyl halides is 1. The summed E-state index contributed by atoms with van der Waals surface area (Å²) in [6, 6.07) is 0. The fourth-order valence-electron chi connectivity index (χ4n) is 7.44. The van der Waals surface area contributed by atoms with Gasteiger partial charge in [0.2, 0.25) is 0 Å². The zero-order chi connectivity index (χ0) is 19.1. The Bertz CT molecular complexity index is 714. The van der Waals surface area contributed by atoms with Crippen molar-refractivity contribution in [2.45, 2.75) is 83.9 Å². The first-order valence-electron chi connectivity index (χ1n) is 10.2. The maximum Gasteiger partial charge on any atom is 0.161 e. The van der Waals surface area contributed by atoms with Crippen LogP contribution in [-0.2, 0) is 9.59 Å². The van der Waals surface area contributed by atoms with Crippen molar-refractivity contribution in [2.24, 2.45) is 28.6 Å². The summed E-state index contributed by atoms with van der Waals surface area (Å²) in [5.41, 5.74) is -2.81. The Morgan fingerprint density at radius 2 is 1.88 bits per heavy atom. The van der Waals surface area contributed by atoms with E-state index in [9.17, 15) is 14.7 Å². The van der Waals surface area contributed by atoms with E-state index in [0.717, 1.165) is 5.57 Å². The molecular formula is C22H31FO3. The summed E-state index contributed by atoms with van der Waals surface area (Å²) >= 11 is 0. The van der Waals surface area contributed by atoms with E-state index in [1.54, 1.807) is 6.08 Å². The Kier molecular flexibility index (Phi) is 3.72. The molecular weight excluding hydrogens is 331 g/mol. The summed E-state index contributed by atoms with van der Waals surface area (Å²) in [6.45, 7) is 7.61. The average molecular weight is 362 g/mol. The van der Waals surface area contributed by atoms with Crippen LogP contribution in [0.25, 0.3) is 0 Å². The molecule has 3 nitrogen and oxygen atoms in total. The lowest BCUT2D eigenvalue weighted by atomic mass is 9.43. The number of allylic oxidation sites excluding steroid dienone is 1. The second kappa shape index (κ2) is 5.27. The highest BCUT2D eigenvalue weighted by molar-refractivity contribution is 5.92. The molecule has 0 aromatic carbocycles. The maximum atomic E-state index is 16.8. The van der Waals surface area contributed by atoms with Crippen molar-refractivity contribution in [3.05, 3.63) is 11.6 Å². The number of rotatable bonds is 1. The Morgan fingerprint density at radius 3 is 2.54 bits per heavy atom. The predicted octanol–water partition coefficient (Wildman–Crippen LogP) is 4.18. The molecule has 0 spiro atoms. The fourth-order valence-corrected chi connectivity index (χ4v) is 7.44. The molecule has 4 heteroatoms. The Morgan fingerprint density at radius 1 is 1.19 bits per heavy atom. The van der Waals surface area contributed by atoms with E-state index < -0.39 is 22.1 Å². The number of ketones is 2. The molecule has 7 atom stereocenters. The Hall–Kier alpha value is -1.03. The molecule has 4 rings (SSSR count). The van der Waals surface area contributed by atoms with Crippen molar-refractivity contribution in [2.75, 3.05) is 0 Å². The van der Waals surface area contributed by atoms with E-state index >= 15 is 4.39 Å². The van der Waals surface area contributed by atoms with Gasteiger partial charge in [-0.05, 0) is 69.3 Å². The van der Waals surface area contributed by atoms with E-state index in [1.165, 1.54) is 6.92 Å². The SMILES string of the molecule is CC(=O)[C@@]1(O)CC[C@H]2[C@@H]3C[C@H](C)C4=CC(=O)CC[C@]4(C)[C@@]3(F)CC[C@@]21C. The number of fused-ring (bicyclic) bond motifs is 5. The lowest BCUT2D eigenvalue weighted by Crippen LogP contribution is -2.64. The Balaban J connectivity index is 1.80. The van der Waals surface area contributed by atoms with Gasteiger partial charge in [-0.2, -0.15) is 0 Å². The first-order valence-corrected chi connectivity index (χ1v) is 10.2. The summed E-state index contributed by atoms with van der Waals surface area (Å²) in [4.78, 5) is 24.3. The molecule has 3 saturated carbocycles. The number of hydrogen-bond donors (Lipinski definition) is 1. The van der Waals surface area contributed by atoms with Gasteiger partial charge < -0.3 is 5.11 Å². The molecule has 0 aromatic heterocycles.